The van der Waals surface area contributed by atoms with Gasteiger partial charge in [-0.05, 0) is 29.5 Å². The first-order valence-electron chi connectivity index (χ1n) is 4.72. The van der Waals surface area contributed by atoms with Gasteiger partial charge in [0.25, 0.3) is 0 Å². The van der Waals surface area contributed by atoms with Crippen LogP contribution in [0.1, 0.15) is 25.6 Å². The Morgan fingerprint density at radius 1 is 1.20 bits per heavy atom. The number of halogens is 1. The number of nitrogens with zero attached hydrogens (tertiary/aromatic N) is 4. The van der Waals surface area contributed by atoms with E-state index in [1.54, 1.807) is 12.1 Å². The smallest absolute Gasteiger partial charge is 0.131 e. The summed E-state index contributed by atoms with van der Waals surface area (Å²) in [6.45, 7) is 4.06. The topological polar surface area (TPSA) is 43.6 Å². The zero-order valence-corrected chi connectivity index (χ0v) is 9.31. The first-order chi connectivity index (χ1) is 7.16. The van der Waals surface area contributed by atoms with Gasteiger partial charge < -0.3 is 0 Å². The molecule has 1 aromatic heterocycles. The highest BCUT2D eigenvalue weighted by Gasteiger charge is 2.07. The summed E-state index contributed by atoms with van der Waals surface area (Å²) >= 11 is 5.79. The van der Waals surface area contributed by atoms with Crippen LogP contribution in [-0.4, -0.2) is 20.2 Å². The fourth-order valence-electron chi connectivity index (χ4n) is 1.14. The third-order valence-electron chi connectivity index (χ3n) is 2.00. The molecule has 15 heavy (non-hydrogen) atoms. The van der Waals surface area contributed by atoms with Crippen LogP contribution in [0.25, 0.3) is 5.69 Å². The monoisotopic (exact) mass is 222 g/mol. The summed E-state index contributed by atoms with van der Waals surface area (Å²) < 4.78 is 0. The minimum absolute atomic E-state index is 0.283. The highest BCUT2D eigenvalue weighted by molar-refractivity contribution is 6.30. The summed E-state index contributed by atoms with van der Waals surface area (Å²) in [5.74, 6) is 1.02. The molecule has 0 N–H and O–H groups in total. The van der Waals surface area contributed by atoms with Crippen molar-refractivity contribution in [1.29, 1.82) is 0 Å². The molecular formula is C10H11ClN4. The largest absolute Gasteiger partial charge is 0.177 e. The van der Waals surface area contributed by atoms with Gasteiger partial charge in [0, 0.05) is 10.9 Å². The van der Waals surface area contributed by atoms with Crippen molar-refractivity contribution in [3.05, 3.63) is 35.1 Å². The normalized spacial score (nSPS) is 10.9. The average molecular weight is 223 g/mol. The molecule has 0 radical (unpaired) electrons. The minimum Gasteiger partial charge on any atom is -0.131 e. The number of benzene rings is 1. The van der Waals surface area contributed by atoms with Crippen molar-refractivity contribution in [3.8, 4) is 5.69 Å². The van der Waals surface area contributed by atoms with Crippen molar-refractivity contribution in [1.82, 2.24) is 20.2 Å². The van der Waals surface area contributed by atoms with Crippen LogP contribution in [0, 0.1) is 0 Å². The molecule has 0 aliphatic carbocycles. The zero-order chi connectivity index (χ0) is 10.8. The van der Waals surface area contributed by atoms with Gasteiger partial charge >= 0.3 is 0 Å². The predicted octanol–water partition coefficient (Wildman–Crippen LogP) is 2.44. The Hall–Kier alpha value is -1.42. The zero-order valence-electron chi connectivity index (χ0n) is 8.55. The summed E-state index contributed by atoms with van der Waals surface area (Å²) in [5.41, 5.74) is 0.860. The molecule has 5 heteroatoms. The van der Waals surface area contributed by atoms with Crippen LogP contribution >= 0.6 is 11.6 Å². The number of hydrogen-bond acceptors (Lipinski definition) is 3. The van der Waals surface area contributed by atoms with Crippen LogP contribution in [0.15, 0.2) is 24.3 Å². The van der Waals surface area contributed by atoms with Crippen LogP contribution < -0.4 is 0 Å². The lowest BCUT2D eigenvalue weighted by Crippen LogP contribution is -1.99. The summed E-state index contributed by atoms with van der Waals surface area (Å²) in [7, 11) is 0. The lowest BCUT2D eigenvalue weighted by Gasteiger charge is -1.98. The van der Waals surface area contributed by atoms with E-state index in [9.17, 15) is 0 Å². The molecule has 78 valence electrons. The van der Waals surface area contributed by atoms with Crippen LogP contribution in [0.5, 0.6) is 0 Å². The van der Waals surface area contributed by atoms with Gasteiger partial charge in [0.05, 0.1) is 5.69 Å². The van der Waals surface area contributed by atoms with Crippen molar-refractivity contribution >= 4 is 11.6 Å². The van der Waals surface area contributed by atoms with E-state index in [4.69, 9.17) is 11.6 Å². The highest BCUT2D eigenvalue weighted by atomic mass is 35.5. The molecule has 1 heterocycles. The number of rotatable bonds is 2. The molecule has 0 amide bonds. The van der Waals surface area contributed by atoms with E-state index in [2.05, 4.69) is 15.4 Å². The molecule has 0 saturated heterocycles. The quantitative estimate of drug-likeness (QED) is 0.784. The maximum Gasteiger partial charge on any atom is 0.177 e. The Bertz CT molecular complexity index is 447. The van der Waals surface area contributed by atoms with E-state index < -0.39 is 0 Å². The Kier molecular flexibility index (Phi) is 2.68. The summed E-state index contributed by atoms with van der Waals surface area (Å²) in [4.78, 5) is 1.51. The Labute approximate surface area is 92.9 Å². The van der Waals surface area contributed by atoms with Gasteiger partial charge in [-0.15, -0.1) is 15.0 Å². The molecule has 0 aliphatic heterocycles. The van der Waals surface area contributed by atoms with E-state index >= 15 is 0 Å². The number of hydrogen-bond donors (Lipinski definition) is 0. The van der Waals surface area contributed by atoms with E-state index in [1.807, 2.05) is 26.0 Å². The van der Waals surface area contributed by atoms with Gasteiger partial charge in [-0.3, -0.25) is 0 Å². The number of aromatic nitrogens is 4. The highest BCUT2D eigenvalue weighted by Crippen LogP contribution is 2.13. The van der Waals surface area contributed by atoms with Crippen LogP contribution in [0.2, 0.25) is 5.02 Å². The predicted molar refractivity (Wildman–Crippen MR) is 58.3 cm³/mol. The molecule has 2 aromatic rings. The molecule has 0 saturated carbocycles. The van der Waals surface area contributed by atoms with E-state index in [1.165, 1.54) is 4.80 Å². The van der Waals surface area contributed by atoms with E-state index in [-0.39, 0.29) is 5.92 Å². The molecule has 4 nitrogen and oxygen atoms in total. The van der Waals surface area contributed by atoms with Gasteiger partial charge in [0.1, 0.15) is 0 Å². The Morgan fingerprint density at radius 3 is 2.40 bits per heavy atom. The van der Waals surface area contributed by atoms with Crippen molar-refractivity contribution in [2.75, 3.05) is 0 Å². The molecule has 0 bridgehead atoms. The SMILES string of the molecule is CC(C)c1nnn(-c2ccc(Cl)cc2)n1. The third-order valence-corrected chi connectivity index (χ3v) is 2.26. The fourth-order valence-corrected chi connectivity index (χ4v) is 1.27. The second kappa shape index (κ2) is 3.98. The Balaban J connectivity index is 2.33. The van der Waals surface area contributed by atoms with Gasteiger partial charge in [-0.1, -0.05) is 25.4 Å². The first kappa shape index (κ1) is 10.1. The van der Waals surface area contributed by atoms with Crippen LogP contribution in [0.3, 0.4) is 0 Å². The maximum atomic E-state index is 5.79. The van der Waals surface area contributed by atoms with Gasteiger partial charge in [0.2, 0.25) is 0 Å². The standard InChI is InChI=1S/C10H11ClN4/c1-7(2)10-12-14-15(13-10)9-5-3-8(11)4-6-9/h3-7H,1-2H3. The molecule has 1 aromatic carbocycles. The fraction of sp³-hybridized carbons (Fsp3) is 0.300. The summed E-state index contributed by atoms with van der Waals surface area (Å²) in [5, 5.41) is 12.9. The molecule has 0 atom stereocenters. The number of tetrazole rings is 1. The van der Waals surface area contributed by atoms with Gasteiger partial charge in [0.15, 0.2) is 5.82 Å². The molecule has 0 spiro atoms. The second-order valence-corrected chi connectivity index (χ2v) is 4.00. The summed E-state index contributed by atoms with van der Waals surface area (Å²) in [6, 6.07) is 7.31. The average Bonchev–Trinajstić information content (AvgIpc) is 2.68. The van der Waals surface area contributed by atoms with Crippen molar-refractivity contribution in [2.45, 2.75) is 19.8 Å². The molecule has 2 rings (SSSR count). The minimum atomic E-state index is 0.283. The van der Waals surface area contributed by atoms with Crippen molar-refractivity contribution in [3.63, 3.8) is 0 Å². The lowest BCUT2D eigenvalue weighted by molar-refractivity contribution is 0.712. The van der Waals surface area contributed by atoms with Crippen LogP contribution in [0.4, 0.5) is 0 Å². The summed E-state index contributed by atoms with van der Waals surface area (Å²) in [6.07, 6.45) is 0. The second-order valence-electron chi connectivity index (χ2n) is 3.57. The van der Waals surface area contributed by atoms with Crippen molar-refractivity contribution < 1.29 is 0 Å². The first-order valence-corrected chi connectivity index (χ1v) is 5.10. The van der Waals surface area contributed by atoms with E-state index in [0.29, 0.717) is 5.02 Å². The Morgan fingerprint density at radius 2 is 1.87 bits per heavy atom. The van der Waals surface area contributed by atoms with Crippen LogP contribution in [-0.2, 0) is 0 Å². The van der Waals surface area contributed by atoms with Gasteiger partial charge in [-0.2, -0.15) is 0 Å². The third kappa shape index (κ3) is 2.15. The lowest BCUT2D eigenvalue weighted by atomic mass is 10.2. The van der Waals surface area contributed by atoms with Gasteiger partial charge in [-0.25, -0.2) is 0 Å². The van der Waals surface area contributed by atoms with Crippen molar-refractivity contribution in [2.24, 2.45) is 0 Å². The maximum absolute atomic E-state index is 5.79. The molecule has 0 fully saturated rings. The van der Waals surface area contributed by atoms with E-state index in [0.717, 1.165) is 11.5 Å². The molecular weight excluding hydrogens is 212 g/mol. The molecule has 0 aliphatic rings. The molecule has 0 unspecified atom stereocenters.